The minimum atomic E-state index is -0.706. The standard InChI is InChI=1S/C34H62O11.C18H34O5.C17H32O6.8Ac/c1-15-17(3)25(11-35)40-32(21(15)7)44-30-19(5)23(9)34(42-27(30)13-37)45-31-20(6)22(8)33(41-28(31)14-38)43-29-18(4)16(2)24(10)39-26(29)12-36;1-9-11(3)15(7-19)22-18(13(9)5)23-17-12(4)10(2)14(6)21-16(17)8-20;1-8-10(3)16(14(7-19)21-12(8)5)23-17-11(4)9(2)15(20)13(6-18)22-17;;;;;;;;/h15-38H,11-14H2,1-10H3;9-20H,7-8H2,1-6H3;8-20H,6-7H2,1-5H3;;;;;;;;/t15-,16?,17-,18+,19+,20+,21?,22?,23?,24-,25?,26?,27?,28?,29-,30-,31-,32+,33+,34+;9-,10?,11-,12+,13?,14?,15?,16?,17-,18+;8?,9-,10-,11?,12+,13?,14?,15+,16+,17-;;;;;;;;/m001......../s1. The molecule has 9 N–H and O–H groups in total. The fourth-order valence-corrected chi connectivity index (χ4v) is 15.3. The van der Waals surface area contributed by atoms with E-state index in [0.717, 1.165) is 0 Å². The van der Waals surface area contributed by atoms with E-state index >= 15 is 0 Å². The fraction of sp³-hybridized carbons (Fsp3) is 1.00. The molecule has 560 valence electrons. The third-order valence-electron chi connectivity index (χ3n) is 24.8. The number of aliphatic hydroxyl groups excluding tert-OH is 9. The van der Waals surface area contributed by atoms with E-state index in [1.54, 1.807) is 0 Å². The van der Waals surface area contributed by atoms with Crippen LogP contribution in [0.15, 0.2) is 0 Å². The summed E-state index contributed by atoms with van der Waals surface area (Å²) in [6.45, 7) is 42.7. The summed E-state index contributed by atoms with van der Waals surface area (Å²) in [7, 11) is 0. The number of hydrogen-bond donors (Lipinski definition) is 9. The molecule has 0 spiro atoms. The number of ether oxygens (including phenoxy) is 13. The van der Waals surface area contributed by atoms with Gasteiger partial charge in [-0.15, -0.1) is 0 Å². The minimum Gasteiger partial charge on any atom is -0.394 e. The predicted molar refractivity (Wildman–Crippen MR) is 338 cm³/mol. The molecule has 8 saturated heterocycles. The quantitative estimate of drug-likeness (QED) is 0.0804. The van der Waals surface area contributed by atoms with E-state index in [4.69, 9.17) is 61.6 Å². The second-order valence-corrected chi connectivity index (χ2v) is 29.8. The van der Waals surface area contributed by atoms with Crippen LogP contribution in [-0.4, -0.2) is 234 Å². The maximum absolute atomic E-state index is 10.4. The normalized spacial score (nSPS) is 48.1. The first-order valence-electron chi connectivity index (χ1n) is 35.0. The Kier molecular flexibility index (Phi) is 62.9. The van der Waals surface area contributed by atoms with Crippen molar-refractivity contribution in [1.29, 1.82) is 0 Å². The Morgan fingerprint density at radius 1 is 0.192 bits per heavy atom. The molecule has 40 atom stereocenters. The zero-order valence-corrected chi connectivity index (χ0v) is 102. The van der Waals surface area contributed by atoms with Crippen LogP contribution in [0.5, 0.6) is 0 Å². The van der Waals surface area contributed by atoms with Gasteiger partial charge < -0.3 is 108 Å². The zero-order valence-electron chi connectivity index (χ0n) is 63.7. The van der Waals surface area contributed by atoms with E-state index in [2.05, 4.69) is 104 Å². The molecule has 8 rings (SSSR count). The maximum atomic E-state index is 10.4. The molecule has 8 aliphatic heterocycles. The van der Waals surface area contributed by atoms with Crippen LogP contribution < -0.4 is 0 Å². The molecule has 0 bridgehead atoms. The largest absolute Gasteiger partial charge is 0.394 e. The van der Waals surface area contributed by atoms with Gasteiger partial charge >= 0.3 is 0 Å². The number of hydrogen-bond acceptors (Lipinski definition) is 22. The van der Waals surface area contributed by atoms with Gasteiger partial charge in [0.05, 0.1) is 120 Å². The van der Waals surface area contributed by atoms with Gasteiger partial charge in [-0.2, -0.15) is 0 Å². The van der Waals surface area contributed by atoms with Gasteiger partial charge in [-0.1, -0.05) is 125 Å². The van der Waals surface area contributed by atoms with Crippen molar-refractivity contribution >= 4 is 0 Å². The van der Waals surface area contributed by atoms with E-state index < -0.39 is 67.9 Å². The Labute approximate surface area is 882 Å². The van der Waals surface area contributed by atoms with Crippen molar-refractivity contribution in [3.05, 3.63) is 0 Å². The predicted octanol–water partition coefficient (Wildman–Crippen LogP) is 5.62. The summed E-state index contributed by atoms with van der Waals surface area (Å²) in [6, 6.07) is 0. The van der Waals surface area contributed by atoms with E-state index in [1.807, 2.05) is 41.5 Å². The monoisotopic (exact) mass is 3130 g/mol. The van der Waals surface area contributed by atoms with E-state index in [9.17, 15) is 46.0 Å². The number of aliphatic hydroxyl groups is 9. The second kappa shape index (κ2) is 54.8. The first-order chi connectivity index (χ1) is 42.9. The molecular formula is C69H128Ac8O22. The van der Waals surface area contributed by atoms with Gasteiger partial charge in [-0.3, -0.25) is 0 Å². The van der Waals surface area contributed by atoms with Crippen molar-refractivity contribution in [1.82, 2.24) is 0 Å². The van der Waals surface area contributed by atoms with Gasteiger partial charge in [-0.05, 0) is 97.7 Å². The van der Waals surface area contributed by atoms with Crippen LogP contribution >= 0.6 is 0 Å². The molecule has 99 heavy (non-hydrogen) atoms. The molecule has 17 unspecified atom stereocenters. The van der Waals surface area contributed by atoms with Crippen LogP contribution in [-0.2, 0) is 61.6 Å². The average Bonchev–Trinajstić information content (AvgIpc) is 0.789. The summed E-state index contributed by atoms with van der Waals surface area (Å²) < 4.78 is 80.8. The summed E-state index contributed by atoms with van der Waals surface area (Å²) >= 11 is 0. The molecule has 8 heterocycles. The third-order valence-corrected chi connectivity index (χ3v) is 24.8. The van der Waals surface area contributed by atoms with Gasteiger partial charge in [0.15, 0.2) is 31.5 Å². The molecular weight excluding hydrogens is 3000 g/mol. The average molecular weight is 3130 g/mol. The molecule has 8 radical (unpaired) electrons. The fourth-order valence-electron chi connectivity index (χ4n) is 15.3. The van der Waals surface area contributed by atoms with Crippen molar-refractivity contribution in [3.8, 4) is 0 Å². The Balaban J connectivity index is -0.00000146. The first kappa shape index (κ1) is 114. The zero-order chi connectivity index (χ0) is 67.9. The molecule has 0 aliphatic carbocycles. The van der Waals surface area contributed by atoms with Crippen LogP contribution in [0.2, 0.25) is 0 Å². The smallest absolute Gasteiger partial charge is 0.161 e. The van der Waals surface area contributed by atoms with Crippen molar-refractivity contribution in [2.24, 2.45) is 107 Å². The molecule has 0 aromatic rings. The Morgan fingerprint density at radius 2 is 0.364 bits per heavy atom. The maximum Gasteiger partial charge on any atom is 0.161 e. The molecule has 0 saturated carbocycles. The van der Waals surface area contributed by atoms with Gasteiger partial charge in [0.2, 0.25) is 0 Å². The summed E-state index contributed by atoms with van der Waals surface area (Å²) in [5, 5.41) is 89.2. The van der Waals surface area contributed by atoms with Crippen molar-refractivity contribution in [3.63, 3.8) is 0 Å². The van der Waals surface area contributed by atoms with E-state index in [1.165, 1.54) is 0 Å². The van der Waals surface area contributed by atoms with E-state index in [0.29, 0.717) is 23.7 Å². The summed E-state index contributed by atoms with van der Waals surface area (Å²) in [5.41, 5.74) is 0. The Bertz CT molecular complexity index is 2040. The van der Waals surface area contributed by atoms with Crippen molar-refractivity contribution in [2.75, 3.05) is 52.9 Å². The second-order valence-electron chi connectivity index (χ2n) is 29.8. The van der Waals surface area contributed by atoms with Gasteiger partial charge in [0.25, 0.3) is 0 Å². The SMILES string of the molecule is CC1OC(CO)[C@@H](O[C@H]2OC(CO)[C@@H](C)[C@H](C)C2C)[C@H](C)C1C.CC1[C@@H](O[C@@H]2C(CO)O[C@@H](C)C(C)[C@H]2C)OC(CO)[C@@H](O)[C@@H]1C.CC1[C@@H](O[C@@H]2C(CO)O[C@H](O[C@@H]3C(CO)O[C@H](O[C@@H]4C(CO)O[C@@H](C)C(C)[C@H]4C)C(C)[C@H]3C)C(C)[C@H]2C)OC(CO)[C@@H](C)[C@@H]1C.[Ac].[Ac].[Ac].[Ac].[Ac].[Ac].[Ac].[Ac]. The minimum absolute atomic E-state index is 0. The van der Waals surface area contributed by atoms with Gasteiger partial charge in [-0.25, -0.2) is 0 Å². The number of rotatable bonds is 18. The molecule has 0 aromatic heterocycles. The van der Waals surface area contributed by atoms with Gasteiger partial charge in [0, 0.05) is 382 Å². The Hall–Kier alpha value is 10.7. The van der Waals surface area contributed by atoms with Crippen LogP contribution in [0.4, 0.5) is 0 Å². The van der Waals surface area contributed by atoms with Gasteiger partial charge in [0.1, 0.15) is 36.6 Å². The molecule has 0 aromatic carbocycles. The summed E-state index contributed by atoms with van der Waals surface area (Å²) in [6.07, 6.45) is -8.59. The van der Waals surface area contributed by atoms with Crippen LogP contribution in [0, 0.1) is 459 Å². The van der Waals surface area contributed by atoms with Crippen molar-refractivity contribution in [2.45, 2.75) is 281 Å². The topological polar surface area (TPSA) is 302 Å². The van der Waals surface area contributed by atoms with Crippen LogP contribution in [0.25, 0.3) is 0 Å². The molecule has 8 aliphatic rings. The first-order valence-corrected chi connectivity index (χ1v) is 35.0. The Morgan fingerprint density at radius 3 is 0.586 bits per heavy atom. The van der Waals surface area contributed by atoms with Crippen LogP contribution in [0.3, 0.4) is 0 Å². The van der Waals surface area contributed by atoms with Crippen LogP contribution in [0.1, 0.15) is 145 Å². The molecule has 30 heteroatoms. The molecule has 0 amide bonds. The third kappa shape index (κ3) is 28.9. The van der Waals surface area contributed by atoms with Crippen molar-refractivity contribution < 1.29 is 460 Å². The molecule has 8 fully saturated rings. The summed E-state index contributed by atoms with van der Waals surface area (Å²) in [5.74, 6) is 2.66. The van der Waals surface area contributed by atoms with E-state index in [-0.39, 0.29) is 556 Å². The summed E-state index contributed by atoms with van der Waals surface area (Å²) in [4.78, 5) is 0. The molecule has 22 nitrogen and oxygen atoms in total.